The highest BCUT2D eigenvalue weighted by Gasteiger charge is 2.36. The highest BCUT2D eigenvalue weighted by Crippen LogP contribution is 2.38. The van der Waals surface area contributed by atoms with Gasteiger partial charge in [-0.3, -0.25) is 4.98 Å². The number of rotatable bonds is 13. The number of sulfone groups is 1. The van der Waals surface area contributed by atoms with E-state index in [4.69, 9.17) is 21.1 Å². The first-order chi connectivity index (χ1) is 20.3. The van der Waals surface area contributed by atoms with Gasteiger partial charge in [-0.25, -0.2) is 22.8 Å². The third-order valence-electron chi connectivity index (χ3n) is 7.04. The predicted octanol–water partition coefficient (Wildman–Crippen LogP) is 5.68. The zero-order chi connectivity index (χ0) is 29.6. The van der Waals surface area contributed by atoms with Crippen molar-refractivity contribution in [3.05, 3.63) is 95.5 Å². The molecule has 2 N–H and O–H groups in total. The summed E-state index contributed by atoms with van der Waals surface area (Å²) < 4.78 is 48.9. The van der Waals surface area contributed by atoms with Crippen LogP contribution < -0.4 is 15.4 Å². The molecule has 0 spiro atoms. The summed E-state index contributed by atoms with van der Waals surface area (Å²) in [7, 11) is -3.03. The van der Waals surface area contributed by atoms with E-state index in [1.807, 2.05) is 18.2 Å². The first-order valence-electron chi connectivity index (χ1n) is 13.6. The summed E-state index contributed by atoms with van der Waals surface area (Å²) in [6, 6.07) is 13.4. The Bertz CT molecular complexity index is 1690. The van der Waals surface area contributed by atoms with Crippen molar-refractivity contribution in [1.82, 2.24) is 20.3 Å². The molecule has 220 valence electrons. The monoisotopic (exact) mass is 611 g/mol. The Kier molecular flexibility index (Phi) is 9.20. The number of ether oxygens (including phenoxy) is 2. The van der Waals surface area contributed by atoms with E-state index in [-0.39, 0.29) is 23.9 Å². The van der Waals surface area contributed by atoms with Gasteiger partial charge in [0.2, 0.25) is 0 Å². The third kappa shape index (κ3) is 7.15. The van der Waals surface area contributed by atoms with Gasteiger partial charge in [0.15, 0.2) is 15.4 Å². The van der Waals surface area contributed by atoms with Crippen molar-refractivity contribution in [2.75, 3.05) is 29.9 Å². The minimum atomic E-state index is -3.03. The van der Waals surface area contributed by atoms with E-state index < -0.39 is 15.4 Å². The Morgan fingerprint density at radius 3 is 2.76 bits per heavy atom. The van der Waals surface area contributed by atoms with Gasteiger partial charge in [0, 0.05) is 36.2 Å². The molecule has 1 unspecified atom stereocenters. The summed E-state index contributed by atoms with van der Waals surface area (Å²) in [6.45, 7) is 2.77. The van der Waals surface area contributed by atoms with Gasteiger partial charge in [-0.1, -0.05) is 30.7 Å². The van der Waals surface area contributed by atoms with Crippen LogP contribution >= 0.6 is 11.6 Å². The molecule has 3 heterocycles. The van der Waals surface area contributed by atoms with E-state index in [1.165, 1.54) is 18.5 Å². The highest BCUT2D eigenvalue weighted by atomic mass is 35.5. The number of hydrogen-bond acceptors (Lipinski definition) is 9. The number of halogens is 2. The first kappa shape index (κ1) is 29.7. The molecule has 2 aromatic heterocycles. The summed E-state index contributed by atoms with van der Waals surface area (Å²) >= 11 is 6.50. The summed E-state index contributed by atoms with van der Waals surface area (Å²) in [5, 5.41) is 7.67. The molecule has 0 saturated carbocycles. The van der Waals surface area contributed by atoms with E-state index in [0.717, 1.165) is 11.1 Å². The second-order valence-electron chi connectivity index (χ2n) is 9.92. The summed E-state index contributed by atoms with van der Waals surface area (Å²) in [5.41, 5.74) is 2.07. The fourth-order valence-corrected chi connectivity index (χ4v) is 5.61. The number of nitrogens with one attached hydrogen (secondary N) is 2. The van der Waals surface area contributed by atoms with Crippen LogP contribution in [-0.4, -0.2) is 48.0 Å². The maximum absolute atomic E-state index is 13.5. The topological polar surface area (TPSA) is 115 Å². The number of pyridine rings is 1. The standard InChI is InChI=1S/C30H31ClFN5O4S/c1-2-42(38,39)14-12-33-11-10-30(9-4-13-41-30)28-17-24-26(18-34-28)35-20-36-29(24)37-23-7-8-27(25(31)16-23)40-19-21-5-3-6-22(32)15-21/h3-8,13,15-18,20,33H,2,9-12,14,19H2,1H3,(H,35,36,37). The van der Waals surface area contributed by atoms with Crippen molar-refractivity contribution >= 4 is 43.8 Å². The predicted molar refractivity (Wildman–Crippen MR) is 161 cm³/mol. The quantitative estimate of drug-likeness (QED) is 0.184. The molecular formula is C30H31ClFN5O4S. The SMILES string of the molecule is CCS(=O)(=O)CCNCCC1(c2cc3c(Nc4ccc(OCc5cccc(F)c5)c(Cl)c4)ncnc3cn2)CC=CO1. The van der Waals surface area contributed by atoms with Gasteiger partial charge in [0.25, 0.3) is 0 Å². The Morgan fingerprint density at radius 1 is 1.12 bits per heavy atom. The lowest BCUT2D eigenvalue weighted by Crippen LogP contribution is -2.33. The molecule has 1 aliphatic rings. The molecule has 0 fully saturated rings. The largest absolute Gasteiger partial charge is 0.489 e. The molecule has 4 aromatic rings. The van der Waals surface area contributed by atoms with Crippen LogP contribution in [0.3, 0.4) is 0 Å². The van der Waals surface area contributed by atoms with Crippen molar-refractivity contribution < 1.29 is 22.3 Å². The van der Waals surface area contributed by atoms with E-state index in [0.29, 0.717) is 59.3 Å². The zero-order valence-electron chi connectivity index (χ0n) is 23.0. The van der Waals surface area contributed by atoms with Crippen LogP contribution in [0.4, 0.5) is 15.9 Å². The lowest BCUT2D eigenvalue weighted by atomic mass is 9.91. The van der Waals surface area contributed by atoms with E-state index >= 15 is 0 Å². The molecule has 9 nitrogen and oxygen atoms in total. The second kappa shape index (κ2) is 13.0. The Labute approximate surface area is 249 Å². The molecule has 0 amide bonds. The van der Waals surface area contributed by atoms with Crippen LogP contribution in [0.1, 0.15) is 31.0 Å². The molecule has 12 heteroatoms. The van der Waals surface area contributed by atoms with Crippen LogP contribution in [0.25, 0.3) is 10.9 Å². The molecular weight excluding hydrogens is 581 g/mol. The number of benzene rings is 2. The van der Waals surface area contributed by atoms with Crippen LogP contribution in [-0.2, 0) is 26.8 Å². The van der Waals surface area contributed by atoms with Crippen molar-refractivity contribution in [2.45, 2.75) is 32.0 Å². The van der Waals surface area contributed by atoms with Crippen LogP contribution in [0.5, 0.6) is 5.75 Å². The highest BCUT2D eigenvalue weighted by molar-refractivity contribution is 7.91. The van der Waals surface area contributed by atoms with E-state index in [2.05, 4.69) is 25.6 Å². The molecule has 1 aliphatic heterocycles. The van der Waals surface area contributed by atoms with Crippen molar-refractivity contribution in [1.29, 1.82) is 0 Å². The summed E-state index contributed by atoms with van der Waals surface area (Å²) in [5.74, 6) is 0.943. The molecule has 0 bridgehead atoms. The Balaban J connectivity index is 1.30. The molecule has 0 aliphatic carbocycles. The van der Waals surface area contributed by atoms with Crippen molar-refractivity contribution in [2.24, 2.45) is 0 Å². The van der Waals surface area contributed by atoms with Crippen molar-refractivity contribution in [3.8, 4) is 5.75 Å². The van der Waals surface area contributed by atoms with Crippen LogP contribution in [0, 0.1) is 5.82 Å². The number of hydrogen-bond donors (Lipinski definition) is 2. The van der Waals surface area contributed by atoms with Gasteiger partial charge in [-0.05, 0) is 54.6 Å². The smallest absolute Gasteiger partial charge is 0.154 e. The molecule has 0 radical (unpaired) electrons. The van der Waals surface area contributed by atoms with Gasteiger partial charge in [0.05, 0.1) is 34.4 Å². The summed E-state index contributed by atoms with van der Waals surface area (Å²) in [4.78, 5) is 13.5. The van der Waals surface area contributed by atoms with Gasteiger partial charge in [-0.15, -0.1) is 0 Å². The average Bonchev–Trinajstić information content (AvgIpc) is 3.47. The van der Waals surface area contributed by atoms with Crippen LogP contribution in [0.2, 0.25) is 5.02 Å². The number of anilines is 2. The number of nitrogens with zero attached hydrogens (tertiary/aromatic N) is 3. The first-order valence-corrected chi connectivity index (χ1v) is 15.8. The fourth-order valence-electron chi connectivity index (χ4n) is 4.63. The lowest BCUT2D eigenvalue weighted by Gasteiger charge is -2.28. The third-order valence-corrected chi connectivity index (χ3v) is 9.04. The average molecular weight is 612 g/mol. The van der Waals surface area contributed by atoms with Gasteiger partial charge >= 0.3 is 0 Å². The fraction of sp³-hybridized carbons (Fsp3) is 0.300. The maximum Gasteiger partial charge on any atom is 0.154 e. The molecule has 42 heavy (non-hydrogen) atoms. The minimum Gasteiger partial charge on any atom is -0.489 e. The van der Waals surface area contributed by atoms with Gasteiger partial charge in [-0.2, -0.15) is 0 Å². The second-order valence-corrected chi connectivity index (χ2v) is 12.8. The molecule has 5 rings (SSSR count). The number of fused-ring (bicyclic) bond motifs is 1. The maximum atomic E-state index is 13.5. The Hall–Kier alpha value is -3.80. The van der Waals surface area contributed by atoms with Gasteiger partial charge in [0.1, 0.15) is 30.3 Å². The van der Waals surface area contributed by atoms with E-state index in [1.54, 1.807) is 43.6 Å². The zero-order valence-corrected chi connectivity index (χ0v) is 24.6. The molecule has 0 saturated heterocycles. The van der Waals surface area contributed by atoms with Crippen molar-refractivity contribution in [3.63, 3.8) is 0 Å². The molecule has 1 atom stereocenters. The normalized spacial score (nSPS) is 16.5. The number of aromatic nitrogens is 3. The van der Waals surface area contributed by atoms with Crippen LogP contribution in [0.15, 0.2) is 73.4 Å². The molecule has 2 aromatic carbocycles. The summed E-state index contributed by atoms with van der Waals surface area (Å²) in [6.07, 6.45) is 8.00. The van der Waals surface area contributed by atoms with E-state index in [9.17, 15) is 12.8 Å². The lowest BCUT2D eigenvalue weighted by molar-refractivity contribution is 0.0288. The Morgan fingerprint density at radius 2 is 2.00 bits per heavy atom. The van der Waals surface area contributed by atoms with Gasteiger partial charge < -0.3 is 20.1 Å². The minimum absolute atomic E-state index is 0.0975.